The van der Waals surface area contributed by atoms with E-state index >= 15 is 0 Å². The maximum absolute atomic E-state index is 11.1. The summed E-state index contributed by atoms with van der Waals surface area (Å²) in [6, 6.07) is 7.31. The van der Waals surface area contributed by atoms with Crippen LogP contribution in [0.4, 0.5) is 5.69 Å². The maximum atomic E-state index is 11.1. The van der Waals surface area contributed by atoms with E-state index < -0.39 is 0 Å². The SMILES string of the molecule is CN=C(NCCCOC1CCOC1)NCCOc1cccc(NC(C)=O)c1.I. The third kappa shape index (κ3) is 10.1. The Balaban J connectivity index is 0.00000392. The molecule has 1 heterocycles. The first-order chi connectivity index (χ1) is 13.2. The molecule has 0 radical (unpaired) electrons. The van der Waals surface area contributed by atoms with E-state index in [2.05, 4.69) is 20.9 Å². The summed E-state index contributed by atoms with van der Waals surface area (Å²) in [6.45, 7) is 5.59. The molecule has 0 bridgehead atoms. The molecule has 0 aromatic heterocycles. The number of rotatable bonds is 10. The molecule has 0 aliphatic carbocycles. The fourth-order valence-electron chi connectivity index (χ4n) is 2.60. The summed E-state index contributed by atoms with van der Waals surface area (Å²) in [7, 11) is 1.74. The average Bonchev–Trinajstić information content (AvgIpc) is 3.16. The second-order valence-corrected chi connectivity index (χ2v) is 6.19. The number of guanidine groups is 1. The molecule has 0 saturated carbocycles. The highest BCUT2D eigenvalue weighted by atomic mass is 127. The molecule has 0 spiro atoms. The lowest BCUT2D eigenvalue weighted by Gasteiger charge is -2.14. The van der Waals surface area contributed by atoms with Crippen LogP contribution >= 0.6 is 24.0 Å². The van der Waals surface area contributed by atoms with Gasteiger partial charge in [-0.25, -0.2) is 0 Å². The van der Waals surface area contributed by atoms with Gasteiger partial charge in [-0.15, -0.1) is 24.0 Å². The number of anilines is 1. The third-order valence-corrected chi connectivity index (χ3v) is 3.90. The van der Waals surface area contributed by atoms with Gasteiger partial charge >= 0.3 is 0 Å². The Morgan fingerprint density at radius 2 is 2.11 bits per heavy atom. The zero-order valence-corrected chi connectivity index (χ0v) is 18.9. The van der Waals surface area contributed by atoms with Crippen molar-refractivity contribution in [1.29, 1.82) is 0 Å². The van der Waals surface area contributed by atoms with Crippen molar-refractivity contribution in [3.63, 3.8) is 0 Å². The molecule has 1 unspecified atom stereocenters. The van der Waals surface area contributed by atoms with Gasteiger partial charge in [0.05, 0.1) is 19.3 Å². The fraction of sp³-hybridized carbons (Fsp3) is 0.579. The molecular weight excluding hydrogens is 475 g/mol. The summed E-state index contributed by atoms with van der Waals surface area (Å²) in [5.41, 5.74) is 0.719. The number of amides is 1. The van der Waals surface area contributed by atoms with Crippen LogP contribution in [0.3, 0.4) is 0 Å². The minimum absolute atomic E-state index is 0. The van der Waals surface area contributed by atoms with E-state index in [0.29, 0.717) is 32.1 Å². The Kier molecular flexibility index (Phi) is 12.6. The van der Waals surface area contributed by atoms with Crippen LogP contribution in [0.1, 0.15) is 19.8 Å². The standard InChI is InChI=1S/C19H30N4O4.HI/c1-15(24)23-16-5-3-6-17(13-16)27-12-9-22-19(20-2)21-8-4-10-26-18-7-11-25-14-18;/h3,5-6,13,18H,4,7-12,14H2,1-2H3,(H,23,24)(H2,20,21,22);1H. The van der Waals surface area contributed by atoms with Gasteiger partial charge < -0.3 is 30.2 Å². The third-order valence-electron chi connectivity index (χ3n) is 3.90. The van der Waals surface area contributed by atoms with Crippen molar-refractivity contribution in [2.75, 3.05) is 51.9 Å². The Morgan fingerprint density at radius 3 is 2.82 bits per heavy atom. The van der Waals surface area contributed by atoms with Crippen molar-refractivity contribution in [1.82, 2.24) is 10.6 Å². The highest BCUT2D eigenvalue weighted by Crippen LogP contribution is 2.17. The molecule has 1 aliphatic heterocycles. The largest absolute Gasteiger partial charge is 0.492 e. The summed E-state index contributed by atoms with van der Waals surface area (Å²) in [4.78, 5) is 15.3. The van der Waals surface area contributed by atoms with Gasteiger partial charge in [-0.2, -0.15) is 0 Å². The average molecular weight is 506 g/mol. The molecule has 158 valence electrons. The maximum Gasteiger partial charge on any atom is 0.221 e. The summed E-state index contributed by atoms with van der Waals surface area (Å²) in [6.07, 6.45) is 2.15. The minimum Gasteiger partial charge on any atom is -0.492 e. The fourth-order valence-corrected chi connectivity index (χ4v) is 2.60. The van der Waals surface area contributed by atoms with E-state index in [1.165, 1.54) is 6.92 Å². The highest BCUT2D eigenvalue weighted by Gasteiger charge is 2.15. The monoisotopic (exact) mass is 506 g/mol. The predicted molar refractivity (Wildman–Crippen MR) is 121 cm³/mol. The van der Waals surface area contributed by atoms with Crippen LogP contribution in [0, 0.1) is 0 Å². The number of hydrogen-bond donors (Lipinski definition) is 3. The Bertz CT molecular complexity index is 609. The molecule has 1 aliphatic rings. The highest BCUT2D eigenvalue weighted by molar-refractivity contribution is 14.0. The van der Waals surface area contributed by atoms with Crippen LogP contribution in [-0.2, 0) is 14.3 Å². The molecule has 3 N–H and O–H groups in total. The zero-order valence-electron chi connectivity index (χ0n) is 16.5. The number of hydrogen-bond acceptors (Lipinski definition) is 5. The van der Waals surface area contributed by atoms with Crippen LogP contribution < -0.4 is 20.7 Å². The van der Waals surface area contributed by atoms with Crippen LogP contribution in [-0.4, -0.2) is 64.5 Å². The lowest BCUT2D eigenvalue weighted by Crippen LogP contribution is -2.40. The van der Waals surface area contributed by atoms with Gasteiger partial charge in [0.15, 0.2) is 5.96 Å². The van der Waals surface area contributed by atoms with Crippen LogP contribution in [0.15, 0.2) is 29.3 Å². The predicted octanol–water partition coefficient (Wildman–Crippen LogP) is 2.00. The van der Waals surface area contributed by atoms with Crippen molar-refractivity contribution in [3.8, 4) is 5.75 Å². The topological polar surface area (TPSA) is 93.2 Å². The molecule has 2 rings (SSSR count). The van der Waals surface area contributed by atoms with Gasteiger partial charge in [0, 0.05) is 45.5 Å². The first-order valence-corrected chi connectivity index (χ1v) is 9.31. The Labute approximate surface area is 183 Å². The quantitative estimate of drug-likeness (QED) is 0.195. The summed E-state index contributed by atoms with van der Waals surface area (Å²) < 4.78 is 16.7. The van der Waals surface area contributed by atoms with Gasteiger partial charge in [-0.3, -0.25) is 9.79 Å². The molecular formula is C19H31IN4O4. The zero-order chi connectivity index (χ0) is 19.3. The van der Waals surface area contributed by atoms with Crippen molar-refractivity contribution >= 4 is 41.5 Å². The summed E-state index contributed by atoms with van der Waals surface area (Å²) in [5, 5.41) is 9.18. The number of carbonyl (C=O) groups is 1. The molecule has 1 fully saturated rings. The van der Waals surface area contributed by atoms with E-state index in [9.17, 15) is 4.79 Å². The Hall–Kier alpha value is -1.59. The lowest BCUT2D eigenvalue weighted by atomic mass is 10.3. The van der Waals surface area contributed by atoms with Gasteiger partial charge in [-0.05, 0) is 25.0 Å². The van der Waals surface area contributed by atoms with E-state index in [4.69, 9.17) is 14.2 Å². The molecule has 28 heavy (non-hydrogen) atoms. The molecule has 1 saturated heterocycles. The minimum atomic E-state index is -0.106. The van der Waals surface area contributed by atoms with Crippen molar-refractivity contribution in [2.45, 2.75) is 25.9 Å². The summed E-state index contributed by atoms with van der Waals surface area (Å²) >= 11 is 0. The summed E-state index contributed by atoms with van der Waals surface area (Å²) in [5.74, 6) is 1.33. The molecule has 8 nitrogen and oxygen atoms in total. The van der Waals surface area contributed by atoms with E-state index in [1.54, 1.807) is 13.1 Å². The second-order valence-electron chi connectivity index (χ2n) is 6.19. The molecule has 1 amide bonds. The van der Waals surface area contributed by atoms with Gasteiger partial charge in [-0.1, -0.05) is 6.07 Å². The molecule has 9 heteroatoms. The smallest absolute Gasteiger partial charge is 0.221 e. The number of carbonyl (C=O) groups excluding carboxylic acids is 1. The number of aliphatic imine (C=N–C) groups is 1. The van der Waals surface area contributed by atoms with Gasteiger partial charge in [0.25, 0.3) is 0 Å². The Morgan fingerprint density at radius 1 is 1.29 bits per heavy atom. The van der Waals surface area contributed by atoms with Crippen LogP contribution in [0.25, 0.3) is 0 Å². The number of halogens is 1. The van der Waals surface area contributed by atoms with Crippen molar-refractivity contribution < 1.29 is 19.0 Å². The van der Waals surface area contributed by atoms with E-state index in [-0.39, 0.29) is 36.0 Å². The van der Waals surface area contributed by atoms with Crippen molar-refractivity contribution in [3.05, 3.63) is 24.3 Å². The first-order valence-electron chi connectivity index (χ1n) is 9.31. The number of nitrogens with one attached hydrogen (secondary N) is 3. The number of ether oxygens (including phenoxy) is 3. The molecule has 1 atom stereocenters. The number of nitrogens with zero attached hydrogens (tertiary/aromatic N) is 1. The lowest BCUT2D eigenvalue weighted by molar-refractivity contribution is -0.114. The molecule has 1 aromatic carbocycles. The first kappa shape index (κ1) is 24.4. The van der Waals surface area contributed by atoms with Gasteiger partial charge in [0.1, 0.15) is 12.4 Å². The van der Waals surface area contributed by atoms with Crippen molar-refractivity contribution in [2.24, 2.45) is 4.99 Å². The molecule has 1 aromatic rings. The van der Waals surface area contributed by atoms with E-state index in [0.717, 1.165) is 37.6 Å². The normalized spacial score (nSPS) is 16.2. The van der Waals surface area contributed by atoms with Gasteiger partial charge in [0.2, 0.25) is 5.91 Å². The van der Waals surface area contributed by atoms with Crippen LogP contribution in [0.5, 0.6) is 5.75 Å². The second kappa shape index (κ2) is 14.4. The van der Waals surface area contributed by atoms with Crippen LogP contribution in [0.2, 0.25) is 0 Å². The van der Waals surface area contributed by atoms with E-state index in [1.807, 2.05) is 18.2 Å². The number of benzene rings is 1.